The molecule has 3 rings (SSSR count). The quantitative estimate of drug-likeness (QED) is 0.833. The molecule has 1 aliphatic rings. The highest BCUT2D eigenvalue weighted by molar-refractivity contribution is 6.07. The Labute approximate surface area is 175 Å². The molecule has 0 spiro atoms. The second-order valence-corrected chi connectivity index (χ2v) is 7.71. The number of carbonyl (C=O) groups excluding carboxylic acids is 2. The Balaban J connectivity index is 1.97. The van der Waals surface area contributed by atoms with Crippen LogP contribution in [0, 0.1) is 18.6 Å². The van der Waals surface area contributed by atoms with Crippen LogP contribution in [0.25, 0.3) is 0 Å². The van der Waals surface area contributed by atoms with E-state index in [1.165, 1.54) is 11.8 Å². The number of halogens is 2. The minimum atomic E-state index is -0.894. The van der Waals surface area contributed by atoms with Crippen LogP contribution in [0.15, 0.2) is 30.3 Å². The van der Waals surface area contributed by atoms with Crippen LogP contribution in [0.4, 0.5) is 20.2 Å². The molecule has 8 heteroatoms. The molecule has 1 saturated heterocycles. The highest BCUT2D eigenvalue weighted by atomic mass is 19.1. The highest BCUT2D eigenvalue weighted by Gasteiger charge is 2.22. The highest BCUT2D eigenvalue weighted by Crippen LogP contribution is 2.29. The predicted molar refractivity (Wildman–Crippen MR) is 113 cm³/mol. The number of hydrogen-bond donors (Lipinski definition) is 1. The number of anilines is 2. The van der Waals surface area contributed by atoms with Gasteiger partial charge in [0.25, 0.3) is 11.8 Å². The Morgan fingerprint density at radius 2 is 1.70 bits per heavy atom. The molecule has 6 nitrogen and oxygen atoms in total. The summed E-state index contributed by atoms with van der Waals surface area (Å²) in [4.78, 5) is 31.0. The summed E-state index contributed by atoms with van der Waals surface area (Å²) in [6, 6.07) is 7.30. The van der Waals surface area contributed by atoms with E-state index in [0.717, 1.165) is 44.0 Å². The van der Waals surface area contributed by atoms with Crippen LogP contribution < -0.4 is 10.2 Å². The Bertz CT molecular complexity index is 970. The van der Waals surface area contributed by atoms with Crippen molar-refractivity contribution in [3.8, 4) is 0 Å². The Kier molecular flexibility index (Phi) is 6.36. The Morgan fingerprint density at radius 1 is 1.03 bits per heavy atom. The first-order valence-electron chi connectivity index (χ1n) is 9.74. The molecule has 160 valence electrons. The first-order chi connectivity index (χ1) is 14.2. The number of piperazine rings is 1. The van der Waals surface area contributed by atoms with Gasteiger partial charge >= 0.3 is 0 Å². The lowest BCUT2D eigenvalue weighted by Gasteiger charge is -2.35. The summed E-state index contributed by atoms with van der Waals surface area (Å²) in [5, 5.41) is 2.73. The number of nitrogens with one attached hydrogen (secondary N) is 1. The smallest absolute Gasteiger partial charge is 0.258 e. The molecule has 0 radical (unpaired) electrons. The second kappa shape index (κ2) is 8.79. The fraction of sp³-hybridized carbons (Fsp3) is 0.364. The van der Waals surface area contributed by atoms with Gasteiger partial charge < -0.3 is 20.0 Å². The average Bonchev–Trinajstić information content (AvgIpc) is 2.72. The van der Waals surface area contributed by atoms with E-state index < -0.39 is 17.5 Å². The van der Waals surface area contributed by atoms with Crippen LogP contribution >= 0.6 is 0 Å². The monoisotopic (exact) mass is 416 g/mol. The van der Waals surface area contributed by atoms with Gasteiger partial charge in [-0.2, -0.15) is 0 Å². The fourth-order valence-electron chi connectivity index (χ4n) is 3.38. The van der Waals surface area contributed by atoms with Crippen LogP contribution in [0.1, 0.15) is 26.3 Å². The van der Waals surface area contributed by atoms with Crippen molar-refractivity contribution >= 4 is 23.2 Å². The molecule has 1 N–H and O–H groups in total. The first-order valence-corrected chi connectivity index (χ1v) is 9.74. The number of hydrogen-bond acceptors (Lipinski definition) is 4. The van der Waals surface area contributed by atoms with Gasteiger partial charge in [-0.3, -0.25) is 9.59 Å². The zero-order valence-electron chi connectivity index (χ0n) is 17.6. The molecule has 1 aliphatic heterocycles. The number of benzene rings is 2. The van der Waals surface area contributed by atoms with Crippen molar-refractivity contribution in [1.82, 2.24) is 9.80 Å². The lowest BCUT2D eigenvalue weighted by atomic mass is 10.1. The summed E-state index contributed by atoms with van der Waals surface area (Å²) in [6.45, 7) is 4.51. The molecule has 2 amide bonds. The minimum absolute atomic E-state index is 0.209. The van der Waals surface area contributed by atoms with E-state index >= 15 is 0 Å². The maximum absolute atomic E-state index is 14.4. The predicted octanol–water partition coefficient (Wildman–Crippen LogP) is 2.98. The van der Waals surface area contributed by atoms with E-state index in [0.29, 0.717) is 11.3 Å². The summed E-state index contributed by atoms with van der Waals surface area (Å²) in [5.74, 6) is -2.51. The summed E-state index contributed by atoms with van der Waals surface area (Å²) >= 11 is 0. The average molecular weight is 416 g/mol. The van der Waals surface area contributed by atoms with Crippen LogP contribution in [0.2, 0.25) is 0 Å². The molecule has 0 aliphatic carbocycles. The van der Waals surface area contributed by atoms with Gasteiger partial charge in [0.1, 0.15) is 11.6 Å². The third-order valence-corrected chi connectivity index (χ3v) is 5.31. The standard InChI is InChI=1S/C22H26F2N4O2/c1-14-17(23)7-6-16(20(14)24)21(29)25-18-13-15(22(30)26(2)3)5-8-19(18)28-11-9-27(4)10-12-28/h5-8,13H,9-12H2,1-4H3,(H,25,29). The number of amides is 2. The van der Waals surface area contributed by atoms with Crippen molar-refractivity contribution in [2.75, 3.05) is 57.5 Å². The van der Waals surface area contributed by atoms with Crippen molar-refractivity contribution in [3.05, 3.63) is 58.7 Å². The van der Waals surface area contributed by atoms with Gasteiger partial charge in [0, 0.05) is 51.4 Å². The van der Waals surface area contributed by atoms with E-state index in [9.17, 15) is 18.4 Å². The van der Waals surface area contributed by atoms with E-state index in [1.54, 1.807) is 32.3 Å². The van der Waals surface area contributed by atoms with Crippen LogP contribution in [-0.4, -0.2) is 68.9 Å². The zero-order valence-corrected chi connectivity index (χ0v) is 17.6. The lowest BCUT2D eigenvalue weighted by molar-refractivity contribution is 0.0827. The maximum Gasteiger partial charge on any atom is 0.258 e. The van der Waals surface area contributed by atoms with Gasteiger partial charge in [0.15, 0.2) is 0 Å². The molecule has 30 heavy (non-hydrogen) atoms. The minimum Gasteiger partial charge on any atom is -0.367 e. The number of carbonyl (C=O) groups is 2. The third-order valence-electron chi connectivity index (χ3n) is 5.31. The van der Waals surface area contributed by atoms with E-state index in [4.69, 9.17) is 0 Å². The van der Waals surface area contributed by atoms with Crippen LogP contribution in [0.5, 0.6) is 0 Å². The van der Waals surface area contributed by atoms with Crippen LogP contribution in [-0.2, 0) is 0 Å². The lowest BCUT2D eigenvalue weighted by Crippen LogP contribution is -2.44. The molecule has 1 heterocycles. The number of nitrogens with zero attached hydrogens (tertiary/aromatic N) is 3. The summed E-state index contributed by atoms with van der Waals surface area (Å²) in [6.07, 6.45) is 0. The first kappa shape index (κ1) is 21.7. The molecule has 0 saturated carbocycles. The van der Waals surface area contributed by atoms with Gasteiger partial charge in [-0.1, -0.05) is 0 Å². The van der Waals surface area contributed by atoms with Gasteiger partial charge in [0.2, 0.25) is 0 Å². The Morgan fingerprint density at radius 3 is 2.33 bits per heavy atom. The van der Waals surface area contributed by atoms with E-state index in [-0.39, 0.29) is 17.0 Å². The summed E-state index contributed by atoms with van der Waals surface area (Å²) < 4.78 is 28.0. The van der Waals surface area contributed by atoms with Crippen LogP contribution in [0.3, 0.4) is 0 Å². The van der Waals surface area contributed by atoms with Crippen molar-refractivity contribution in [3.63, 3.8) is 0 Å². The molecule has 2 aromatic rings. The largest absolute Gasteiger partial charge is 0.367 e. The normalized spacial score (nSPS) is 14.5. The molecule has 0 unspecified atom stereocenters. The van der Waals surface area contributed by atoms with Crippen molar-refractivity contribution in [2.45, 2.75) is 6.92 Å². The SMILES string of the molecule is Cc1c(F)ccc(C(=O)Nc2cc(C(=O)N(C)C)ccc2N2CCN(C)CC2)c1F. The molecular weight excluding hydrogens is 390 g/mol. The topological polar surface area (TPSA) is 55.9 Å². The molecule has 1 fully saturated rings. The molecular formula is C22H26F2N4O2. The fourth-order valence-corrected chi connectivity index (χ4v) is 3.38. The maximum atomic E-state index is 14.4. The second-order valence-electron chi connectivity index (χ2n) is 7.71. The van der Waals surface area contributed by atoms with E-state index in [1.807, 2.05) is 7.05 Å². The molecule has 0 atom stereocenters. The van der Waals surface area contributed by atoms with Gasteiger partial charge in [-0.05, 0) is 44.3 Å². The number of likely N-dealkylation sites (N-methyl/N-ethyl adjacent to an activating group) is 1. The van der Waals surface area contributed by atoms with Gasteiger partial charge in [-0.25, -0.2) is 8.78 Å². The van der Waals surface area contributed by atoms with Crippen molar-refractivity contribution < 1.29 is 18.4 Å². The third kappa shape index (κ3) is 4.43. The van der Waals surface area contributed by atoms with Gasteiger partial charge in [-0.15, -0.1) is 0 Å². The molecule has 2 aromatic carbocycles. The molecule has 0 bridgehead atoms. The summed E-state index contributed by atoms with van der Waals surface area (Å²) in [5.41, 5.74) is 1.12. The van der Waals surface area contributed by atoms with Crippen molar-refractivity contribution in [1.29, 1.82) is 0 Å². The summed E-state index contributed by atoms with van der Waals surface area (Å²) in [7, 11) is 5.33. The number of rotatable bonds is 4. The molecule has 0 aromatic heterocycles. The van der Waals surface area contributed by atoms with Crippen molar-refractivity contribution in [2.24, 2.45) is 0 Å². The van der Waals surface area contributed by atoms with E-state index in [2.05, 4.69) is 15.1 Å². The van der Waals surface area contributed by atoms with Gasteiger partial charge in [0.05, 0.1) is 16.9 Å². The Hall–Kier alpha value is -3.00. The zero-order chi connectivity index (χ0) is 22.0.